The molecule has 0 unspecified atom stereocenters. The molecule has 24 heteroatoms. The first kappa shape index (κ1) is 51.9. The number of aliphatic carboxylic acids is 1. The van der Waals surface area contributed by atoms with Crippen LogP contribution in [0.4, 0.5) is 5.82 Å². The van der Waals surface area contributed by atoms with E-state index in [0.717, 1.165) is 0 Å². The summed E-state index contributed by atoms with van der Waals surface area (Å²) < 4.78 is 32.6. The Morgan fingerprint density at radius 3 is 2.09 bits per heavy atom. The zero-order valence-electron chi connectivity index (χ0n) is 34.4. The third kappa shape index (κ3) is 17.7. The fraction of sp³-hybridized carbons (Fsp3) is 0.366. The molecule has 0 aliphatic carbocycles. The number of benzene rings is 2. The first-order valence-electron chi connectivity index (χ1n) is 19.9. The van der Waals surface area contributed by atoms with E-state index in [1.54, 1.807) is 36.4 Å². The molecule has 1 aliphatic rings. The van der Waals surface area contributed by atoms with E-state index in [-0.39, 0.29) is 86.8 Å². The number of carbonyl (C=O) groups excluding carboxylic acids is 6. The van der Waals surface area contributed by atoms with Gasteiger partial charge in [0.2, 0.25) is 29.5 Å². The van der Waals surface area contributed by atoms with E-state index in [1.165, 1.54) is 42.7 Å². The lowest BCUT2D eigenvalue weighted by Gasteiger charge is -2.26. The number of anilines is 1. The largest absolute Gasteiger partial charge is 0.481 e. The molecule has 2 aromatic carbocycles. The Kier molecular flexibility index (Phi) is 20.4. The molecule has 350 valence electrons. The van der Waals surface area contributed by atoms with Crippen LogP contribution in [0, 0.1) is 0 Å². The van der Waals surface area contributed by atoms with E-state index in [4.69, 9.17) is 11.5 Å². The Hall–Kier alpha value is -7.47. The number of nitrogens with one attached hydrogen (secondary N) is 7. The van der Waals surface area contributed by atoms with Crippen LogP contribution in [0.25, 0.3) is 0 Å². The second-order valence-electron chi connectivity index (χ2n) is 14.3. The topological polar surface area (TPSA) is 368 Å². The molecule has 23 nitrogen and oxygen atoms in total. The van der Waals surface area contributed by atoms with Gasteiger partial charge in [-0.3, -0.25) is 48.5 Å². The zero-order chi connectivity index (χ0) is 46.6. The number of hydrogen-bond donors (Lipinski definition) is 11. The quantitative estimate of drug-likeness (QED) is 0.0243. The normalized spacial score (nSPS) is 18.5. The number of amides is 6. The number of pyridine rings is 1. The van der Waals surface area contributed by atoms with Crippen LogP contribution < -0.4 is 48.8 Å². The Balaban J connectivity index is 0.0000112. The minimum atomic E-state index is -4.48. The van der Waals surface area contributed by atoms with Crippen molar-refractivity contribution in [2.75, 3.05) is 25.1 Å². The lowest BCUT2D eigenvalue weighted by Crippen LogP contribution is -2.58. The second kappa shape index (κ2) is 25.6. The van der Waals surface area contributed by atoms with E-state index in [1.807, 2.05) is 0 Å². The number of nitrogens with zero attached hydrogens (tertiary/aromatic N) is 3. The van der Waals surface area contributed by atoms with Crippen LogP contribution in [0.1, 0.15) is 67.4 Å². The van der Waals surface area contributed by atoms with Gasteiger partial charge in [0.05, 0.1) is 24.7 Å². The molecule has 13 N–H and O–H groups in total. The monoisotopic (exact) mass is 922 g/mol. The highest BCUT2D eigenvalue weighted by Crippen LogP contribution is 2.14. The summed E-state index contributed by atoms with van der Waals surface area (Å²) in [5, 5.41) is 28.7. The first-order valence-corrected chi connectivity index (χ1v) is 21.3. The summed E-state index contributed by atoms with van der Waals surface area (Å²) in [5.74, 6) is -6.15. The van der Waals surface area contributed by atoms with Crippen molar-refractivity contribution in [3.8, 4) is 0 Å². The molecule has 0 saturated carbocycles. The van der Waals surface area contributed by atoms with Crippen LogP contribution in [-0.2, 0) is 45.3 Å². The highest BCUT2D eigenvalue weighted by molar-refractivity contribution is 7.86. The number of nitrogens with two attached hydrogens (primary N) is 2. The Morgan fingerprint density at radius 1 is 0.800 bits per heavy atom. The van der Waals surface area contributed by atoms with Crippen LogP contribution in [-0.4, -0.2) is 120 Å². The number of hydrogen-bond acceptors (Lipinski definition) is 13. The number of aromatic nitrogens is 1. The van der Waals surface area contributed by atoms with E-state index in [9.17, 15) is 51.6 Å². The number of carboxylic acid groups (broad SMARTS) is 1. The molecule has 1 aromatic heterocycles. The molecule has 1 fully saturated rings. The highest BCUT2D eigenvalue weighted by Gasteiger charge is 2.33. The number of carboxylic acids is 1. The lowest BCUT2D eigenvalue weighted by molar-refractivity contribution is -0.141. The number of rotatable bonds is 18. The Labute approximate surface area is 374 Å². The summed E-state index contributed by atoms with van der Waals surface area (Å²) in [6.45, 7) is -0.448. The van der Waals surface area contributed by atoms with E-state index >= 15 is 0 Å². The van der Waals surface area contributed by atoms with Crippen LogP contribution in [0.2, 0.25) is 0 Å². The molecule has 0 spiro atoms. The SMILES string of the molecule is C.NC(N)=NCCC[C@@H]1NC(=O)CNC(=O)[C@@H](CC(=O)O)NC(=O)[C@@H](CCCCNC(=O)c2ccc(NN=Cc3ccccc3S(=O)(=O)O)nc2)NC(=O)[C@@H](Cc2ccccc2)NC1=O. The van der Waals surface area contributed by atoms with Crippen molar-refractivity contribution in [2.24, 2.45) is 21.6 Å². The van der Waals surface area contributed by atoms with Gasteiger partial charge in [-0.05, 0) is 55.9 Å². The molecular formula is C41H54N12O11S. The van der Waals surface area contributed by atoms with Gasteiger partial charge in [-0.25, -0.2) is 4.98 Å². The number of guanidine groups is 1. The van der Waals surface area contributed by atoms with E-state index in [2.05, 4.69) is 52.4 Å². The van der Waals surface area contributed by atoms with Gasteiger partial charge in [-0.15, -0.1) is 0 Å². The maximum absolute atomic E-state index is 14.0. The predicted molar refractivity (Wildman–Crippen MR) is 238 cm³/mol. The molecule has 0 bridgehead atoms. The van der Waals surface area contributed by atoms with Gasteiger partial charge in [-0.1, -0.05) is 56.0 Å². The standard InChI is InChI=1S/C40H50N12O11S.CH4/c41-40(42)44-18-8-13-27-37(58)50-29(19-24-9-2-1-3-10-24)39(60)49-28(38(59)51-30(20-34(54)55)36(57)46-23-33(53)48-27)12-6-7-17-43-35(56)26-15-16-32(45-21-26)52-47-22-25-11-4-5-14-31(25)64(61,62)63;/h1-5,9-11,14-16,21-22,27-30H,6-8,12-13,17-20,23H2,(H,43,56)(H,45,52)(H,46,57)(H,48,53)(H,49,60)(H,50,58)(H,51,59)(H,54,55)(H4,41,42,44)(H,61,62,63);1H4/t27-,28+,29+,30+;/m0./s1. The maximum atomic E-state index is 14.0. The third-order valence-corrected chi connectivity index (χ3v) is 10.3. The fourth-order valence-corrected chi connectivity index (χ4v) is 6.87. The average Bonchev–Trinajstić information content (AvgIpc) is 3.25. The Morgan fingerprint density at radius 2 is 1.43 bits per heavy atom. The zero-order valence-corrected chi connectivity index (χ0v) is 35.2. The lowest BCUT2D eigenvalue weighted by atomic mass is 10.0. The molecule has 1 aliphatic heterocycles. The molecule has 0 radical (unpaired) electrons. The summed E-state index contributed by atoms with van der Waals surface area (Å²) in [6.07, 6.45) is 2.28. The van der Waals surface area contributed by atoms with Crippen LogP contribution in [0.15, 0.2) is 87.9 Å². The van der Waals surface area contributed by atoms with Gasteiger partial charge in [-0.2, -0.15) is 13.5 Å². The molecule has 1 saturated heterocycles. The summed E-state index contributed by atoms with van der Waals surface area (Å²) in [4.78, 5) is 99.8. The molecule has 3 aromatic rings. The van der Waals surface area contributed by atoms with Crippen LogP contribution in [0.5, 0.6) is 0 Å². The Bertz CT molecular complexity index is 2310. The number of aliphatic imine (C=N–C) groups is 1. The van der Waals surface area contributed by atoms with Crippen molar-refractivity contribution in [1.29, 1.82) is 0 Å². The predicted octanol–water partition coefficient (Wildman–Crippen LogP) is -0.849. The minimum absolute atomic E-state index is 0. The summed E-state index contributed by atoms with van der Waals surface area (Å²) in [6, 6.07) is 11.8. The first-order chi connectivity index (χ1) is 30.5. The van der Waals surface area contributed by atoms with Crippen LogP contribution >= 0.6 is 0 Å². The smallest absolute Gasteiger partial charge is 0.305 e. The van der Waals surface area contributed by atoms with Crippen molar-refractivity contribution in [3.63, 3.8) is 0 Å². The third-order valence-electron chi connectivity index (χ3n) is 9.39. The maximum Gasteiger partial charge on any atom is 0.305 e. The van der Waals surface area contributed by atoms with E-state index < -0.39 is 88.7 Å². The summed E-state index contributed by atoms with van der Waals surface area (Å²) in [5.41, 5.74) is 14.4. The number of unbranched alkanes of at least 4 members (excludes halogenated alkanes) is 1. The van der Waals surface area contributed by atoms with Crippen molar-refractivity contribution < 1.29 is 51.6 Å². The molecule has 65 heavy (non-hydrogen) atoms. The van der Waals surface area contributed by atoms with Crippen molar-refractivity contribution >= 4 is 69.5 Å². The van der Waals surface area contributed by atoms with E-state index in [0.29, 0.717) is 5.56 Å². The van der Waals surface area contributed by atoms with Crippen molar-refractivity contribution in [2.45, 2.75) is 81.4 Å². The molecule has 4 atom stereocenters. The van der Waals surface area contributed by atoms with Gasteiger partial charge in [0.25, 0.3) is 16.0 Å². The highest BCUT2D eigenvalue weighted by atomic mass is 32.2. The molecule has 6 amide bonds. The van der Waals surface area contributed by atoms with Crippen LogP contribution in [0.3, 0.4) is 0 Å². The number of carbonyl (C=O) groups is 7. The fourth-order valence-electron chi connectivity index (χ4n) is 6.20. The van der Waals surface area contributed by atoms with Gasteiger partial charge in [0, 0.05) is 31.3 Å². The van der Waals surface area contributed by atoms with Gasteiger partial charge in [0.1, 0.15) is 34.9 Å². The van der Waals surface area contributed by atoms with Crippen molar-refractivity contribution in [3.05, 3.63) is 89.6 Å². The van der Waals surface area contributed by atoms with Gasteiger partial charge in [0.15, 0.2) is 5.96 Å². The molecular weight excluding hydrogens is 869 g/mol. The van der Waals surface area contributed by atoms with Gasteiger partial charge < -0.3 is 48.5 Å². The molecule has 4 rings (SSSR count). The molecule has 2 heterocycles. The van der Waals surface area contributed by atoms with Gasteiger partial charge >= 0.3 is 5.97 Å². The second-order valence-corrected chi connectivity index (χ2v) is 15.7. The average molecular weight is 923 g/mol. The van der Waals surface area contributed by atoms with Crippen molar-refractivity contribution in [1.82, 2.24) is 36.9 Å². The minimum Gasteiger partial charge on any atom is -0.481 e. The number of hydrazone groups is 1. The summed E-state index contributed by atoms with van der Waals surface area (Å²) >= 11 is 0. The summed E-state index contributed by atoms with van der Waals surface area (Å²) in [7, 11) is -4.48.